The summed E-state index contributed by atoms with van der Waals surface area (Å²) >= 11 is 11.8. The van der Waals surface area contributed by atoms with Gasteiger partial charge in [0, 0.05) is 10.0 Å². The summed E-state index contributed by atoms with van der Waals surface area (Å²) in [6, 6.07) is 5.06. The molecule has 0 saturated heterocycles. The van der Waals surface area contributed by atoms with Crippen molar-refractivity contribution in [3.63, 3.8) is 0 Å². The third kappa shape index (κ3) is 3.31. The van der Waals surface area contributed by atoms with Gasteiger partial charge in [0.15, 0.2) is 5.82 Å². The van der Waals surface area contributed by atoms with E-state index in [9.17, 15) is 5.11 Å². The zero-order valence-electron chi connectivity index (χ0n) is 11.3. The van der Waals surface area contributed by atoms with Gasteiger partial charge >= 0.3 is 0 Å². The van der Waals surface area contributed by atoms with Crippen molar-refractivity contribution >= 4 is 23.2 Å². The minimum absolute atomic E-state index is 0.415. The van der Waals surface area contributed by atoms with Crippen LogP contribution in [0.1, 0.15) is 25.1 Å². The van der Waals surface area contributed by atoms with Crippen LogP contribution in [0.15, 0.2) is 24.5 Å². The average Bonchev–Trinajstić information content (AvgIpc) is 2.84. The Kier molecular flexibility index (Phi) is 4.06. The summed E-state index contributed by atoms with van der Waals surface area (Å²) in [5, 5.41) is 15.5. The maximum absolute atomic E-state index is 10.2. The van der Waals surface area contributed by atoms with E-state index < -0.39 is 5.60 Å². The number of aliphatic hydroxyl groups is 1. The van der Waals surface area contributed by atoms with Gasteiger partial charge in [0.25, 0.3) is 0 Å². The maximum Gasteiger partial charge on any atom is 0.182 e. The Labute approximate surface area is 132 Å². The normalized spacial score (nSPS) is 16.5. The Morgan fingerprint density at radius 2 is 1.95 bits per heavy atom. The van der Waals surface area contributed by atoms with E-state index in [1.54, 1.807) is 29.2 Å². The van der Waals surface area contributed by atoms with Crippen molar-refractivity contribution in [2.45, 2.75) is 31.4 Å². The number of nitrogens with zero attached hydrogens (tertiary/aromatic N) is 3. The SMILES string of the molecule is OC1(c2ncn(CCOc3cc(Cl)cc(Cl)c3)n2)CCC1. The van der Waals surface area contributed by atoms with E-state index in [0.717, 1.165) is 19.3 Å². The fourth-order valence-corrected chi connectivity index (χ4v) is 2.73. The summed E-state index contributed by atoms with van der Waals surface area (Å²) in [6.45, 7) is 0.950. The van der Waals surface area contributed by atoms with Crippen molar-refractivity contribution in [2.75, 3.05) is 6.61 Å². The highest BCUT2D eigenvalue weighted by Crippen LogP contribution is 2.38. The number of aromatic nitrogens is 3. The van der Waals surface area contributed by atoms with E-state index in [-0.39, 0.29) is 0 Å². The van der Waals surface area contributed by atoms with Gasteiger partial charge in [0.05, 0.1) is 6.54 Å². The lowest BCUT2D eigenvalue weighted by Gasteiger charge is -2.33. The molecule has 7 heteroatoms. The highest BCUT2D eigenvalue weighted by Gasteiger charge is 2.39. The molecule has 0 radical (unpaired) electrons. The highest BCUT2D eigenvalue weighted by atomic mass is 35.5. The van der Waals surface area contributed by atoms with Gasteiger partial charge in [-0.25, -0.2) is 9.67 Å². The van der Waals surface area contributed by atoms with Crippen molar-refractivity contribution in [1.82, 2.24) is 14.8 Å². The molecule has 1 aromatic heterocycles. The van der Waals surface area contributed by atoms with Gasteiger partial charge in [-0.1, -0.05) is 23.2 Å². The van der Waals surface area contributed by atoms with E-state index in [4.69, 9.17) is 27.9 Å². The van der Waals surface area contributed by atoms with E-state index in [2.05, 4.69) is 10.1 Å². The van der Waals surface area contributed by atoms with Gasteiger partial charge in [-0.3, -0.25) is 0 Å². The van der Waals surface area contributed by atoms with Crippen LogP contribution in [-0.4, -0.2) is 26.5 Å². The fraction of sp³-hybridized carbons (Fsp3) is 0.429. The third-order valence-corrected chi connectivity index (χ3v) is 4.00. The first-order valence-corrected chi connectivity index (χ1v) is 7.52. The fourth-order valence-electron chi connectivity index (χ4n) is 2.22. The summed E-state index contributed by atoms with van der Waals surface area (Å²) in [4.78, 5) is 4.17. The van der Waals surface area contributed by atoms with Crippen LogP contribution in [0.5, 0.6) is 5.75 Å². The van der Waals surface area contributed by atoms with Crippen LogP contribution in [0.25, 0.3) is 0 Å². The quantitative estimate of drug-likeness (QED) is 0.916. The maximum atomic E-state index is 10.2. The second-order valence-electron chi connectivity index (χ2n) is 5.17. The lowest BCUT2D eigenvalue weighted by Crippen LogP contribution is -2.35. The Morgan fingerprint density at radius 3 is 2.57 bits per heavy atom. The molecule has 0 bridgehead atoms. The Bertz CT molecular complexity index is 621. The van der Waals surface area contributed by atoms with Gasteiger partial charge < -0.3 is 9.84 Å². The lowest BCUT2D eigenvalue weighted by molar-refractivity contribution is -0.0468. The third-order valence-electron chi connectivity index (χ3n) is 3.56. The average molecular weight is 328 g/mol. The van der Waals surface area contributed by atoms with Gasteiger partial charge in [-0.15, -0.1) is 0 Å². The Morgan fingerprint density at radius 1 is 1.24 bits per heavy atom. The molecule has 0 atom stereocenters. The van der Waals surface area contributed by atoms with Crippen LogP contribution in [0.3, 0.4) is 0 Å². The predicted molar refractivity (Wildman–Crippen MR) is 79.7 cm³/mol. The molecule has 1 fully saturated rings. The summed E-state index contributed by atoms with van der Waals surface area (Å²) in [5.74, 6) is 1.12. The molecule has 0 unspecified atom stereocenters. The van der Waals surface area contributed by atoms with Crippen molar-refractivity contribution in [2.24, 2.45) is 0 Å². The molecule has 2 aromatic rings. The molecule has 1 aromatic carbocycles. The topological polar surface area (TPSA) is 60.2 Å². The van der Waals surface area contributed by atoms with E-state index in [0.29, 0.717) is 34.8 Å². The summed E-state index contributed by atoms with van der Waals surface area (Å²) < 4.78 is 7.25. The minimum atomic E-state index is -0.827. The number of hydrogen-bond acceptors (Lipinski definition) is 4. The zero-order chi connectivity index (χ0) is 14.9. The molecule has 3 rings (SSSR count). The molecule has 1 aliphatic carbocycles. The van der Waals surface area contributed by atoms with Crippen LogP contribution in [-0.2, 0) is 12.1 Å². The number of hydrogen-bond donors (Lipinski definition) is 1. The van der Waals surface area contributed by atoms with Gasteiger partial charge in [0.2, 0.25) is 0 Å². The van der Waals surface area contributed by atoms with Crippen LogP contribution in [0.2, 0.25) is 10.0 Å². The first kappa shape index (κ1) is 14.6. The van der Waals surface area contributed by atoms with Crippen molar-refractivity contribution in [3.05, 3.63) is 40.4 Å². The monoisotopic (exact) mass is 327 g/mol. The molecule has 1 aliphatic rings. The summed E-state index contributed by atoms with van der Waals surface area (Å²) in [5.41, 5.74) is -0.827. The lowest BCUT2D eigenvalue weighted by atomic mass is 9.80. The summed E-state index contributed by atoms with van der Waals surface area (Å²) in [6.07, 6.45) is 4.09. The largest absolute Gasteiger partial charge is 0.492 e. The van der Waals surface area contributed by atoms with Crippen molar-refractivity contribution in [3.8, 4) is 5.75 Å². The molecule has 1 saturated carbocycles. The molecule has 21 heavy (non-hydrogen) atoms. The first-order chi connectivity index (χ1) is 10.0. The number of ether oxygens (including phenoxy) is 1. The van der Waals surface area contributed by atoms with Gasteiger partial charge in [0.1, 0.15) is 24.3 Å². The van der Waals surface area contributed by atoms with Crippen molar-refractivity contribution in [1.29, 1.82) is 0 Å². The smallest absolute Gasteiger partial charge is 0.182 e. The predicted octanol–water partition coefficient (Wildman–Crippen LogP) is 3.04. The zero-order valence-corrected chi connectivity index (χ0v) is 12.8. The van der Waals surface area contributed by atoms with E-state index in [1.807, 2.05) is 0 Å². The standard InChI is InChI=1S/C14H15Cl2N3O2/c15-10-6-11(16)8-12(7-10)21-5-4-19-9-17-13(18-19)14(20)2-1-3-14/h6-9,20H,1-5H2. The molecular weight excluding hydrogens is 313 g/mol. The first-order valence-electron chi connectivity index (χ1n) is 6.76. The van der Waals surface area contributed by atoms with E-state index in [1.165, 1.54) is 0 Å². The number of rotatable bonds is 5. The van der Waals surface area contributed by atoms with E-state index >= 15 is 0 Å². The Balaban J connectivity index is 1.56. The molecule has 1 heterocycles. The molecule has 1 N–H and O–H groups in total. The summed E-state index contributed by atoms with van der Waals surface area (Å²) in [7, 11) is 0. The van der Waals surface area contributed by atoms with Crippen molar-refractivity contribution < 1.29 is 9.84 Å². The molecule has 0 aliphatic heterocycles. The molecule has 0 spiro atoms. The second-order valence-corrected chi connectivity index (χ2v) is 6.04. The molecule has 0 amide bonds. The van der Waals surface area contributed by atoms with Crippen LogP contribution < -0.4 is 4.74 Å². The molecule has 112 valence electrons. The minimum Gasteiger partial charge on any atom is -0.492 e. The van der Waals surface area contributed by atoms with Crippen LogP contribution >= 0.6 is 23.2 Å². The molecule has 5 nitrogen and oxygen atoms in total. The van der Waals surface area contributed by atoms with Gasteiger partial charge in [-0.2, -0.15) is 5.10 Å². The number of halogens is 2. The van der Waals surface area contributed by atoms with Crippen LogP contribution in [0, 0.1) is 0 Å². The Hall–Kier alpha value is -1.30. The molecular formula is C14H15Cl2N3O2. The van der Waals surface area contributed by atoms with Crippen LogP contribution in [0.4, 0.5) is 0 Å². The second kappa shape index (κ2) is 5.83. The highest BCUT2D eigenvalue weighted by molar-refractivity contribution is 6.34. The number of benzene rings is 1. The van der Waals surface area contributed by atoms with Gasteiger partial charge in [-0.05, 0) is 37.5 Å².